The smallest absolute Gasteiger partial charge is 0.319 e. The highest BCUT2D eigenvalue weighted by Gasteiger charge is 2.23. The van der Waals surface area contributed by atoms with Crippen molar-refractivity contribution in [1.82, 2.24) is 15.5 Å². The van der Waals surface area contributed by atoms with E-state index in [0.29, 0.717) is 10.8 Å². The number of anilines is 2. The molecule has 1 aromatic heterocycles. The fourth-order valence-electron chi connectivity index (χ4n) is 3.28. The Morgan fingerprint density at radius 2 is 1.74 bits per heavy atom. The van der Waals surface area contributed by atoms with Crippen molar-refractivity contribution < 1.29 is 18.7 Å². The molecule has 1 unspecified atom stereocenters. The van der Waals surface area contributed by atoms with Crippen LogP contribution in [0.4, 0.5) is 20.0 Å². The monoisotopic (exact) mass is 491 g/mol. The maximum Gasteiger partial charge on any atom is 0.319 e. The summed E-state index contributed by atoms with van der Waals surface area (Å²) in [7, 11) is 1.58. The van der Waals surface area contributed by atoms with E-state index < -0.39 is 23.8 Å². The first-order valence-corrected chi connectivity index (χ1v) is 11.5. The number of halogens is 1. The van der Waals surface area contributed by atoms with Gasteiger partial charge in [-0.05, 0) is 29.8 Å². The molecule has 1 atom stereocenters. The van der Waals surface area contributed by atoms with Gasteiger partial charge >= 0.3 is 6.03 Å². The van der Waals surface area contributed by atoms with E-state index in [-0.39, 0.29) is 17.2 Å². The van der Waals surface area contributed by atoms with E-state index in [1.165, 1.54) is 29.5 Å². The number of aromatic nitrogens is 2. The maximum atomic E-state index is 13.9. The van der Waals surface area contributed by atoms with Crippen molar-refractivity contribution in [2.24, 2.45) is 0 Å². The van der Waals surface area contributed by atoms with Gasteiger partial charge in [-0.3, -0.25) is 10.1 Å². The lowest BCUT2D eigenvalue weighted by Gasteiger charge is -2.18. The molecule has 8 nitrogen and oxygen atoms in total. The first-order chi connectivity index (χ1) is 17.0. The molecule has 4 aromatic rings. The topological polar surface area (TPSA) is 105 Å². The second-order valence-electron chi connectivity index (χ2n) is 7.45. The van der Waals surface area contributed by atoms with Crippen molar-refractivity contribution in [2.75, 3.05) is 17.7 Å². The number of amides is 3. The first kappa shape index (κ1) is 23.8. The van der Waals surface area contributed by atoms with Crippen molar-refractivity contribution >= 4 is 34.1 Å². The Labute approximate surface area is 205 Å². The molecular weight excluding hydrogens is 469 g/mol. The van der Waals surface area contributed by atoms with Crippen LogP contribution in [0.1, 0.15) is 5.56 Å². The van der Waals surface area contributed by atoms with Gasteiger partial charge in [-0.15, -0.1) is 10.2 Å². The van der Waals surface area contributed by atoms with Crippen LogP contribution in [-0.2, 0) is 11.2 Å². The minimum absolute atomic E-state index is 0.0101. The minimum atomic E-state index is -0.951. The molecule has 10 heteroatoms. The number of ether oxygens (including phenoxy) is 1. The number of hydrogen-bond donors (Lipinski definition) is 3. The first-order valence-electron chi connectivity index (χ1n) is 10.7. The predicted molar refractivity (Wildman–Crippen MR) is 133 cm³/mol. The molecule has 3 aromatic carbocycles. The summed E-state index contributed by atoms with van der Waals surface area (Å²) < 4.78 is 19.2. The number of nitrogens with one attached hydrogen (secondary N) is 3. The molecule has 178 valence electrons. The van der Waals surface area contributed by atoms with E-state index in [4.69, 9.17) is 4.74 Å². The van der Waals surface area contributed by atoms with Gasteiger partial charge in [0.15, 0.2) is 0 Å². The van der Waals surface area contributed by atoms with Crippen LogP contribution in [0.15, 0.2) is 78.9 Å². The maximum absolute atomic E-state index is 13.9. The zero-order chi connectivity index (χ0) is 24.6. The van der Waals surface area contributed by atoms with Crippen LogP contribution in [-0.4, -0.2) is 35.3 Å². The van der Waals surface area contributed by atoms with Gasteiger partial charge in [0.1, 0.15) is 22.6 Å². The summed E-state index contributed by atoms with van der Waals surface area (Å²) in [5.74, 6) is -0.382. The average molecular weight is 492 g/mol. The summed E-state index contributed by atoms with van der Waals surface area (Å²) in [5.41, 5.74) is 1.65. The van der Waals surface area contributed by atoms with E-state index in [1.807, 2.05) is 54.6 Å². The number of rotatable bonds is 8. The molecule has 0 saturated heterocycles. The van der Waals surface area contributed by atoms with E-state index in [1.54, 1.807) is 13.2 Å². The number of nitrogens with zero attached hydrogens (tertiary/aromatic N) is 2. The highest BCUT2D eigenvalue weighted by atomic mass is 32.1. The van der Waals surface area contributed by atoms with Crippen LogP contribution in [0.2, 0.25) is 0 Å². The van der Waals surface area contributed by atoms with Crippen LogP contribution in [0.3, 0.4) is 0 Å². The molecule has 0 aliphatic heterocycles. The molecule has 0 radical (unpaired) electrons. The molecule has 1 heterocycles. The number of benzene rings is 3. The van der Waals surface area contributed by atoms with Crippen LogP contribution in [0.25, 0.3) is 10.6 Å². The van der Waals surface area contributed by atoms with Gasteiger partial charge in [-0.1, -0.05) is 65.9 Å². The number of methoxy groups -OCH3 is 1. The quantitative estimate of drug-likeness (QED) is 0.331. The number of hydrogen-bond acceptors (Lipinski definition) is 6. The van der Waals surface area contributed by atoms with Gasteiger partial charge < -0.3 is 15.4 Å². The Kier molecular flexibility index (Phi) is 7.63. The summed E-state index contributed by atoms with van der Waals surface area (Å²) in [6, 6.07) is 20.7. The third kappa shape index (κ3) is 6.39. The zero-order valence-corrected chi connectivity index (χ0v) is 19.5. The summed E-state index contributed by atoms with van der Waals surface area (Å²) in [6.07, 6.45) is 0.221. The highest BCUT2D eigenvalue weighted by molar-refractivity contribution is 7.18. The molecule has 4 rings (SSSR count). The lowest BCUT2D eigenvalue weighted by Crippen LogP contribution is -2.47. The lowest BCUT2D eigenvalue weighted by molar-refractivity contribution is -0.117. The van der Waals surface area contributed by atoms with Crippen molar-refractivity contribution in [3.63, 3.8) is 0 Å². The second kappa shape index (κ2) is 11.2. The standard InChI is InChI=1S/C25H22FN5O3S/c1-34-18-11-7-10-17(15-18)23-30-31-25(35-23)29-22(32)21(14-16-8-3-2-4-9-16)28-24(33)27-20-13-6-5-12-19(20)26/h2-13,15,21H,14H2,1H3,(H2,27,28,33)(H,29,31,32). The number of carbonyl (C=O) groups is 2. The molecule has 0 spiro atoms. The summed E-state index contributed by atoms with van der Waals surface area (Å²) >= 11 is 1.19. The van der Waals surface area contributed by atoms with Gasteiger partial charge in [-0.25, -0.2) is 9.18 Å². The Morgan fingerprint density at radius 3 is 2.51 bits per heavy atom. The van der Waals surface area contributed by atoms with Crippen LogP contribution >= 0.6 is 11.3 Å². The van der Waals surface area contributed by atoms with Crippen LogP contribution in [0, 0.1) is 5.82 Å². The molecule has 0 fully saturated rings. The van der Waals surface area contributed by atoms with Crippen molar-refractivity contribution in [3.8, 4) is 16.3 Å². The zero-order valence-electron chi connectivity index (χ0n) is 18.7. The Hall–Kier alpha value is -4.31. The molecule has 0 bridgehead atoms. The van der Waals surface area contributed by atoms with Crippen LogP contribution in [0.5, 0.6) is 5.75 Å². The molecular formula is C25H22FN5O3S. The third-order valence-electron chi connectivity index (χ3n) is 5.00. The molecule has 0 saturated carbocycles. The summed E-state index contributed by atoms with van der Waals surface area (Å²) in [5, 5.41) is 16.9. The van der Waals surface area contributed by atoms with Gasteiger partial charge in [0.05, 0.1) is 12.8 Å². The lowest BCUT2D eigenvalue weighted by atomic mass is 10.1. The Bertz CT molecular complexity index is 1320. The number of urea groups is 1. The van der Waals surface area contributed by atoms with Gasteiger partial charge in [0, 0.05) is 12.0 Å². The molecule has 0 aliphatic rings. The Balaban J connectivity index is 1.48. The van der Waals surface area contributed by atoms with Gasteiger partial charge in [0.25, 0.3) is 0 Å². The number of carbonyl (C=O) groups excluding carboxylic acids is 2. The van der Waals surface area contributed by atoms with E-state index in [0.717, 1.165) is 11.1 Å². The average Bonchev–Trinajstić information content (AvgIpc) is 3.34. The fraction of sp³-hybridized carbons (Fsp3) is 0.120. The highest BCUT2D eigenvalue weighted by Crippen LogP contribution is 2.28. The third-order valence-corrected chi connectivity index (χ3v) is 5.89. The molecule has 35 heavy (non-hydrogen) atoms. The fourth-order valence-corrected chi connectivity index (χ4v) is 4.02. The second-order valence-corrected chi connectivity index (χ2v) is 8.43. The molecule has 3 N–H and O–H groups in total. The normalized spacial score (nSPS) is 11.4. The molecule has 0 aliphatic carbocycles. The summed E-state index contributed by atoms with van der Waals surface area (Å²) in [4.78, 5) is 25.7. The van der Waals surface area contributed by atoms with Crippen molar-refractivity contribution in [1.29, 1.82) is 0 Å². The molecule has 3 amide bonds. The number of para-hydroxylation sites is 1. The Morgan fingerprint density at radius 1 is 0.971 bits per heavy atom. The summed E-state index contributed by atoms with van der Waals surface area (Å²) in [6.45, 7) is 0. The van der Waals surface area contributed by atoms with E-state index in [2.05, 4.69) is 26.1 Å². The van der Waals surface area contributed by atoms with Crippen LogP contribution < -0.4 is 20.7 Å². The SMILES string of the molecule is COc1cccc(-c2nnc(NC(=O)C(Cc3ccccc3)NC(=O)Nc3ccccc3F)s2)c1. The minimum Gasteiger partial charge on any atom is -0.497 e. The van der Waals surface area contributed by atoms with Gasteiger partial charge in [-0.2, -0.15) is 0 Å². The van der Waals surface area contributed by atoms with Crippen molar-refractivity contribution in [2.45, 2.75) is 12.5 Å². The van der Waals surface area contributed by atoms with E-state index >= 15 is 0 Å². The predicted octanol–water partition coefficient (Wildman–Crippen LogP) is 4.72. The van der Waals surface area contributed by atoms with Gasteiger partial charge in [0.2, 0.25) is 11.0 Å². The van der Waals surface area contributed by atoms with E-state index in [9.17, 15) is 14.0 Å². The largest absolute Gasteiger partial charge is 0.497 e. The van der Waals surface area contributed by atoms with Crippen molar-refractivity contribution in [3.05, 3.63) is 90.2 Å².